The molecule has 1 fully saturated rings. The minimum atomic E-state index is 0.292. The first kappa shape index (κ1) is 17.1. The summed E-state index contributed by atoms with van der Waals surface area (Å²) in [5.74, 6) is 2.71. The fourth-order valence-corrected chi connectivity index (χ4v) is 3.18. The number of aryl methyl sites for hydroxylation is 1. The van der Waals surface area contributed by atoms with E-state index in [1.54, 1.807) is 7.11 Å². The Bertz CT molecular complexity index is 683. The van der Waals surface area contributed by atoms with Crippen molar-refractivity contribution in [3.8, 4) is 0 Å². The van der Waals surface area contributed by atoms with Crippen molar-refractivity contribution in [2.75, 3.05) is 45.2 Å². The molecule has 7 heteroatoms. The van der Waals surface area contributed by atoms with Crippen molar-refractivity contribution in [3.05, 3.63) is 12.0 Å². The van der Waals surface area contributed by atoms with Gasteiger partial charge >= 0.3 is 0 Å². The van der Waals surface area contributed by atoms with Crippen LogP contribution in [0.25, 0.3) is 11.0 Å². The molecule has 0 radical (unpaired) electrons. The lowest BCUT2D eigenvalue weighted by Crippen LogP contribution is -2.26. The Hall–Kier alpha value is -1.73. The van der Waals surface area contributed by atoms with E-state index in [1.807, 2.05) is 17.9 Å². The average molecular weight is 332 g/mol. The zero-order valence-electron chi connectivity index (χ0n) is 15.1. The number of methoxy groups -OCH3 is 1. The summed E-state index contributed by atoms with van der Waals surface area (Å²) in [4.78, 5) is 11.8. The summed E-state index contributed by atoms with van der Waals surface area (Å²) in [7, 11) is 3.68. The SMILES string of the molecule is COCCN1CC[C@@H](CNc2nc(C(C)C)nc3c2cnn3C)C1. The van der Waals surface area contributed by atoms with E-state index < -0.39 is 0 Å². The number of anilines is 1. The monoisotopic (exact) mass is 332 g/mol. The quantitative estimate of drug-likeness (QED) is 0.835. The van der Waals surface area contributed by atoms with Gasteiger partial charge in [0.2, 0.25) is 0 Å². The largest absolute Gasteiger partial charge is 0.383 e. The lowest BCUT2D eigenvalue weighted by atomic mass is 10.1. The highest BCUT2D eigenvalue weighted by molar-refractivity contribution is 5.86. The summed E-state index contributed by atoms with van der Waals surface area (Å²) < 4.78 is 6.99. The molecular weight excluding hydrogens is 304 g/mol. The van der Waals surface area contributed by atoms with Gasteiger partial charge in [0, 0.05) is 39.7 Å². The lowest BCUT2D eigenvalue weighted by molar-refractivity contribution is 0.159. The first-order valence-corrected chi connectivity index (χ1v) is 8.73. The van der Waals surface area contributed by atoms with Gasteiger partial charge in [-0.2, -0.15) is 5.10 Å². The van der Waals surface area contributed by atoms with Gasteiger partial charge in [0.1, 0.15) is 11.6 Å². The molecule has 7 nitrogen and oxygen atoms in total. The Morgan fingerprint density at radius 1 is 1.38 bits per heavy atom. The van der Waals surface area contributed by atoms with Crippen LogP contribution < -0.4 is 5.32 Å². The minimum absolute atomic E-state index is 0.292. The Morgan fingerprint density at radius 2 is 2.21 bits per heavy atom. The van der Waals surface area contributed by atoms with Crippen LogP contribution in [0.4, 0.5) is 5.82 Å². The molecule has 2 aromatic rings. The van der Waals surface area contributed by atoms with Crippen LogP contribution >= 0.6 is 0 Å². The maximum atomic E-state index is 5.17. The normalized spacial score (nSPS) is 18.8. The van der Waals surface area contributed by atoms with Crippen molar-refractivity contribution in [3.63, 3.8) is 0 Å². The maximum absolute atomic E-state index is 5.17. The van der Waals surface area contributed by atoms with Crippen molar-refractivity contribution in [1.82, 2.24) is 24.6 Å². The van der Waals surface area contributed by atoms with E-state index in [0.29, 0.717) is 11.8 Å². The van der Waals surface area contributed by atoms with Crippen LogP contribution in [-0.4, -0.2) is 64.5 Å². The number of ether oxygens (including phenoxy) is 1. The van der Waals surface area contributed by atoms with Gasteiger partial charge in [-0.25, -0.2) is 9.97 Å². The highest BCUT2D eigenvalue weighted by atomic mass is 16.5. The number of hydrogen-bond acceptors (Lipinski definition) is 6. The molecule has 1 atom stereocenters. The second-order valence-corrected chi connectivity index (χ2v) is 6.92. The van der Waals surface area contributed by atoms with Crippen LogP contribution in [0.15, 0.2) is 6.20 Å². The van der Waals surface area contributed by atoms with Gasteiger partial charge < -0.3 is 15.0 Å². The zero-order chi connectivity index (χ0) is 17.1. The van der Waals surface area contributed by atoms with Crippen molar-refractivity contribution in [2.45, 2.75) is 26.2 Å². The van der Waals surface area contributed by atoms with Gasteiger partial charge in [-0.1, -0.05) is 13.8 Å². The maximum Gasteiger partial charge on any atom is 0.163 e. The number of likely N-dealkylation sites (tertiary alicyclic amines) is 1. The number of nitrogens with zero attached hydrogens (tertiary/aromatic N) is 5. The van der Waals surface area contributed by atoms with E-state index in [9.17, 15) is 0 Å². The van der Waals surface area contributed by atoms with Gasteiger partial charge in [-0.3, -0.25) is 4.68 Å². The Kier molecular flexibility index (Phi) is 5.30. The summed E-state index contributed by atoms with van der Waals surface area (Å²) in [5, 5.41) is 8.88. The van der Waals surface area contributed by atoms with Crippen LogP contribution in [0.1, 0.15) is 32.0 Å². The standard InChI is InChI=1S/C17H28N6O/c1-12(2)15-20-16(14-10-19-22(3)17(14)21-15)18-9-13-5-6-23(11-13)7-8-24-4/h10,12-13H,5-9,11H2,1-4H3,(H,18,20,21)/t13-/m0/s1. The molecule has 1 aliphatic heterocycles. The summed E-state index contributed by atoms with van der Waals surface area (Å²) >= 11 is 0. The predicted octanol–water partition coefficient (Wildman–Crippen LogP) is 1.87. The van der Waals surface area contributed by atoms with E-state index >= 15 is 0 Å². The molecule has 0 aromatic carbocycles. The first-order valence-electron chi connectivity index (χ1n) is 8.73. The Balaban J connectivity index is 1.69. The fourth-order valence-electron chi connectivity index (χ4n) is 3.18. The lowest BCUT2D eigenvalue weighted by Gasteiger charge is -2.16. The molecule has 2 aromatic heterocycles. The number of rotatable bonds is 7. The molecule has 0 unspecified atom stereocenters. The van der Waals surface area contributed by atoms with Crippen LogP contribution in [0.5, 0.6) is 0 Å². The van der Waals surface area contributed by atoms with Crippen LogP contribution in [0.2, 0.25) is 0 Å². The molecule has 3 heterocycles. The van der Waals surface area contributed by atoms with Crippen LogP contribution in [0.3, 0.4) is 0 Å². The molecule has 0 spiro atoms. The van der Waals surface area contributed by atoms with E-state index in [-0.39, 0.29) is 0 Å². The third-order valence-electron chi connectivity index (χ3n) is 4.67. The van der Waals surface area contributed by atoms with E-state index in [4.69, 9.17) is 9.72 Å². The molecule has 24 heavy (non-hydrogen) atoms. The van der Waals surface area contributed by atoms with Gasteiger partial charge in [-0.05, 0) is 18.9 Å². The molecular formula is C17H28N6O. The van der Waals surface area contributed by atoms with Gasteiger partial charge in [0.15, 0.2) is 5.65 Å². The first-order chi connectivity index (χ1) is 11.6. The summed E-state index contributed by atoms with van der Waals surface area (Å²) in [6.07, 6.45) is 3.07. The Morgan fingerprint density at radius 3 is 2.96 bits per heavy atom. The Labute approximate surface area is 143 Å². The molecule has 0 saturated carbocycles. The van der Waals surface area contributed by atoms with Crippen molar-refractivity contribution in [1.29, 1.82) is 0 Å². The van der Waals surface area contributed by atoms with Gasteiger partial charge in [0.05, 0.1) is 18.2 Å². The van der Waals surface area contributed by atoms with E-state index in [2.05, 4.69) is 34.1 Å². The number of hydrogen-bond donors (Lipinski definition) is 1. The summed E-state index contributed by atoms with van der Waals surface area (Å²) in [6, 6.07) is 0. The molecule has 1 aliphatic rings. The van der Waals surface area contributed by atoms with Crippen LogP contribution in [-0.2, 0) is 11.8 Å². The molecule has 0 amide bonds. The van der Waals surface area contributed by atoms with Gasteiger partial charge in [-0.15, -0.1) is 0 Å². The highest BCUT2D eigenvalue weighted by Gasteiger charge is 2.22. The smallest absolute Gasteiger partial charge is 0.163 e. The number of aromatic nitrogens is 4. The van der Waals surface area contributed by atoms with Crippen molar-refractivity contribution < 1.29 is 4.74 Å². The third kappa shape index (κ3) is 3.67. The highest BCUT2D eigenvalue weighted by Crippen LogP contribution is 2.24. The molecule has 1 N–H and O–H groups in total. The number of nitrogens with one attached hydrogen (secondary N) is 1. The van der Waals surface area contributed by atoms with E-state index in [0.717, 1.165) is 55.5 Å². The third-order valence-corrected chi connectivity index (χ3v) is 4.67. The number of fused-ring (bicyclic) bond motifs is 1. The molecule has 3 rings (SSSR count). The topological polar surface area (TPSA) is 68.1 Å². The fraction of sp³-hybridized carbons (Fsp3) is 0.706. The zero-order valence-corrected chi connectivity index (χ0v) is 15.1. The molecule has 0 aliphatic carbocycles. The molecule has 1 saturated heterocycles. The molecule has 0 bridgehead atoms. The van der Waals surface area contributed by atoms with E-state index in [1.165, 1.54) is 6.42 Å². The summed E-state index contributed by atoms with van der Waals surface area (Å²) in [6.45, 7) is 9.26. The second-order valence-electron chi connectivity index (χ2n) is 6.92. The van der Waals surface area contributed by atoms with Crippen LogP contribution in [0, 0.1) is 5.92 Å². The molecule has 132 valence electrons. The summed E-state index contributed by atoms with van der Waals surface area (Å²) in [5.41, 5.74) is 0.893. The van der Waals surface area contributed by atoms with Crippen molar-refractivity contribution >= 4 is 16.9 Å². The second kappa shape index (κ2) is 7.44. The minimum Gasteiger partial charge on any atom is -0.383 e. The average Bonchev–Trinajstić information content (AvgIpc) is 3.17. The van der Waals surface area contributed by atoms with Gasteiger partial charge in [0.25, 0.3) is 0 Å². The van der Waals surface area contributed by atoms with Crippen molar-refractivity contribution in [2.24, 2.45) is 13.0 Å². The predicted molar refractivity (Wildman–Crippen MR) is 95.3 cm³/mol.